The minimum atomic E-state index is -0.388. The molecule has 0 spiro atoms. The molecule has 0 fully saturated rings. The number of nitrogens with one attached hydrogen (secondary N) is 1. The number of hydrogen-bond donors (Lipinski definition) is 1. The number of halogens is 1. The van der Waals surface area contributed by atoms with Gasteiger partial charge in [-0.15, -0.1) is 0 Å². The van der Waals surface area contributed by atoms with Gasteiger partial charge < -0.3 is 9.73 Å². The van der Waals surface area contributed by atoms with Crippen LogP contribution in [0.15, 0.2) is 45.6 Å². The van der Waals surface area contributed by atoms with Gasteiger partial charge in [-0.05, 0) is 49.6 Å². The van der Waals surface area contributed by atoms with Crippen molar-refractivity contribution < 1.29 is 8.81 Å². The molecular formula is C21H20FNO2. The van der Waals surface area contributed by atoms with Gasteiger partial charge in [-0.25, -0.2) is 9.18 Å². The first kappa shape index (κ1) is 15.9. The summed E-state index contributed by atoms with van der Waals surface area (Å²) < 4.78 is 19.2. The van der Waals surface area contributed by atoms with Crippen LogP contribution >= 0.6 is 0 Å². The van der Waals surface area contributed by atoms with Crippen LogP contribution in [0.25, 0.3) is 27.3 Å². The molecule has 25 heavy (non-hydrogen) atoms. The Hall–Kier alpha value is -2.62. The van der Waals surface area contributed by atoms with Gasteiger partial charge in [-0.3, -0.25) is 0 Å². The molecule has 4 rings (SSSR count). The Balaban J connectivity index is 2.11. The van der Waals surface area contributed by atoms with Crippen LogP contribution in [-0.2, 0) is 0 Å². The summed E-state index contributed by atoms with van der Waals surface area (Å²) in [5, 5.41) is 5.44. The Kier molecular flexibility index (Phi) is 3.46. The SMILES string of the molecule is CCC1(CC)C=C(C)c2c(ccc3c2c(=O)oc2ccc(F)cc23)N1. The second-order valence-electron chi connectivity index (χ2n) is 6.76. The highest BCUT2D eigenvalue weighted by Crippen LogP contribution is 2.41. The Morgan fingerprint density at radius 3 is 2.60 bits per heavy atom. The van der Waals surface area contributed by atoms with Crippen molar-refractivity contribution in [1.82, 2.24) is 0 Å². The van der Waals surface area contributed by atoms with E-state index in [0.29, 0.717) is 16.4 Å². The summed E-state index contributed by atoms with van der Waals surface area (Å²) in [5.41, 5.74) is 2.75. The second-order valence-corrected chi connectivity index (χ2v) is 6.76. The number of allylic oxidation sites excluding steroid dienone is 1. The maximum atomic E-state index is 13.7. The maximum absolute atomic E-state index is 13.7. The fourth-order valence-corrected chi connectivity index (χ4v) is 3.93. The summed E-state index contributed by atoms with van der Waals surface area (Å²) in [5.74, 6) is -0.346. The molecule has 4 heteroatoms. The standard InChI is InChI=1S/C21H20FNO2/c1-4-21(5-2)11-12(3)18-16(23-21)8-7-14-15-10-13(22)6-9-17(15)25-20(24)19(14)18/h6-11,23H,4-5H2,1-3H3. The Bertz CT molecular complexity index is 1090. The molecule has 1 aromatic heterocycles. The molecule has 3 nitrogen and oxygen atoms in total. The van der Waals surface area contributed by atoms with Crippen LogP contribution in [-0.4, -0.2) is 5.54 Å². The van der Waals surface area contributed by atoms with E-state index in [1.54, 1.807) is 0 Å². The highest BCUT2D eigenvalue weighted by Gasteiger charge is 2.30. The molecule has 128 valence electrons. The predicted octanol–water partition coefficient (Wildman–Crippen LogP) is 5.47. The van der Waals surface area contributed by atoms with Gasteiger partial charge in [0.2, 0.25) is 0 Å². The lowest BCUT2D eigenvalue weighted by molar-refractivity contribution is 0.533. The number of benzene rings is 2. The van der Waals surface area contributed by atoms with Crippen LogP contribution in [0.4, 0.5) is 10.1 Å². The zero-order chi connectivity index (χ0) is 17.8. The lowest BCUT2D eigenvalue weighted by Gasteiger charge is -2.36. The number of fused-ring (bicyclic) bond motifs is 5. The quantitative estimate of drug-likeness (QED) is 0.498. The normalized spacial score (nSPS) is 15.8. The van der Waals surface area contributed by atoms with Crippen molar-refractivity contribution in [2.24, 2.45) is 0 Å². The topological polar surface area (TPSA) is 42.2 Å². The van der Waals surface area contributed by atoms with Crippen molar-refractivity contribution in [3.05, 3.63) is 58.2 Å². The van der Waals surface area contributed by atoms with Gasteiger partial charge in [0.15, 0.2) is 0 Å². The predicted molar refractivity (Wildman–Crippen MR) is 101 cm³/mol. The van der Waals surface area contributed by atoms with E-state index in [0.717, 1.165) is 35.1 Å². The molecule has 0 aliphatic carbocycles. The highest BCUT2D eigenvalue weighted by atomic mass is 19.1. The molecule has 3 aromatic rings. The van der Waals surface area contributed by atoms with E-state index in [9.17, 15) is 9.18 Å². The third-order valence-corrected chi connectivity index (χ3v) is 5.38. The average Bonchev–Trinajstić information content (AvgIpc) is 2.61. The smallest absolute Gasteiger partial charge is 0.344 e. The summed E-state index contributed by atoms with van der Waals surface area (Å²) in [7, 11) is 0. The highest BCUT2D eigenvalue weighted by molar-refractivity contribution is 6.10. The molecule has 2 heterocycles. The van der Waals surface area contributed by atoms with E-state index in [1.807, 2.05) is 19.1 Å². The molecule has 0 atom stereocenters. The van der Waals surface area contributed by atoms with Crippen molar-refractivity contribution in [2.75, 3.05) is 5.32 Å². The van der Waals surface area contributed by atoms with Gasteiger partial charge in [0, 0.05) is 22.0 Å². The van der Waals surface area contributed by atoms with E-state index in [2.05, 4.69) is 25.2 Å². The Labute approximate surface area is 145 Å². The maximum Gasteiger partial charge on any atom is 0.344 e. The van der Waals surface area contributed by atoms with E-state index in [-0.39, 0.29) is 17.0 Å². The largest absolute Gasteiger partial charge is 0.422 e. The first-order chi connectivity index (χ1) is 12.0. The summed E-state index contributed by atoms with van der Waals surface area (Å²) >= 11 is 0. The van der Waals surface area contributed by atoms with Crippen molar-refractivity contribution in [1.29, 1.82) is 0 Å². The first-order valence-electron chi connectivity index (χ1n) is 8.65. The van der Waals surface area contributed by atoms with Crippen LogP contribution in [0, 0.1) is 5.82 Å². The van der Waals surface area contributed by atoms with E-state index < -0.39 is 0 Å². The van der Waals surface area contributed by atoms with Crippen molar-refractivity contribution in [2.45, 2.75) is 39.2 Å². The molecule has 0 saturated carbocycles. The van der Waals surface area contributed by atoms with Gasteiger partial charge in [-0.1, -0.05) is 26.0 Å². The fourth-order valence-electron chi connectivity index (χ4n) is 3.93. The van der Waals surface area contributed by atoms with Crippen molar-refractivity contribution in [3.63, 3.8) is 0 Å². The van der Waals surface area contributed by atoms with Crippen LogP contribution < -0.4 is 10.9 Å². The molecule has 2 aromatic carbocycles. The summed E-state index contributed by atoms with van der Waals surface area (Å²) in [6, 6.07) is 8.10. The van der Waals surface area contributed by atoms with Crippen molar-refractivity contribution in [3.8, 4) is 0 Å². The lowest BCUT2D eigenvalue weighted by atomic mass is 9.83. The lowest BCUT2D eigenvalue weighted by Crippen LogP contribution is -2.37. The third kappa shape index (κ3) is 2.28. The average molecular weight is 337 g/mol. The van der Waals surface area contributed by atoms with Crippen LogP contribution in [0.2, 0.25) is 0 Å². The zero-order valence-corrected chi connectivity index (χ0v) is 14.6. The van der Waals surface area contributed by atoms with Crippen molar-refractivity contribution >= 4 is 33.0 Å². The summed E-state index contributed by atoms with van der Waals surface area (Å²) in [6.07, 6.45) is 4.11. The number of hydrogen-bond acceptors (Lipinski definition) is 3. The van der Waals surface area contributed by atoms with Crippen LogP contribution in [0.3, 0.4) is 0 Å². The molecule has 0 saturated heterocycles. The summed E-state index contributed by atoms with van der Waals surface area (Å²) in [4.78, 5) is 12.7. The van der Waals surface area contributed by atoms with E-state index >= 15 is 0 Å². The zero-order valence-electron chi connectivity index (χ0n) is 14.6. The van der Waals surface area contributed by atoms with E-state index in [1.165, 1.54) is 18.2 Å². The molecule has 0 amide bonds. The van der Waals surface area contributed by atoms with Gasteiger partial charge in [0.1, 0.15) is 11.4 Å². The minimum Gasteiger partial charge on any atom is -0.422 e. The summed E-state index contributed by atoms with van der Waals surface area (Å²) in [6.45, 7) is 6.32. The second kappa shape index (κ2) is 5.45. The first-order valence-corrected chi connectivity index (χ1v) is 8.65. The Morgan fingerprint density at radius 1 is 1.12 bits per heavy atom. The fraction of sp³-hybridized carbons (Fsp3) is 0.286. The molecule has 0 unspecified atom stereocenters. The molecule has 0 radical (unpaired) electrons. The third-order valence-electron chi connectivity index (χ3n) is 5.38. The van der Waals surface area contributed by atoms with Crippen LogP contribution in [0.5, 0.6) is 0 Å². The van der Waals surface area contributed by atoms with E-state index in [4.69, 9.17) is 4.42 Å². The molecular weight excluding hydrogens is 317 g/mol. The monoisotopic (exact) mass is 337 g/mol. The minimum absolute atomic E-state index is 0.103. The van der Waals surface area contributed by atoms with Gasteiger partial charge in [-0.2, -0.15) is 0 Å². The number of rotatable bonds is 2. The van der Waals surface area contributed by atoms with Gasteiger partial charge >= 0.3 is 5.63 Å². The van der Waals surface area contributed by atoms with Crippen LogP contribution in [0.1, 0.15) is 39.2 Å². The molecule has 1 N–H and O–H groups in total. The molecule has 0 bridgehead atoms. The molecule has 1 aliphatic rings. The number of anilines is 1. The van der Waals surface area contributed by atoms with Gasteiger partial charge in [0.05, 0.1) is 10.9 Å². The molecule has 1 aliphatic heterocycles. The Morgan fingerprint density at radius 2 is 1.88 bits per heavy atom. The van der Waals surface area contributed by atoms with Gasteiger partial charge in [0.25, 0.3) is 0 Å².